The van der Waals surface area contributed by atoms with Crippen molar-refractivity contribution < 1.29 is 0 Å². The SMILES string of the molecule is CC(C)c1ccc(-c2csc3ncnc(N(C)c4ccccc4)c23)cc1. The summed E-state index contributed by atoms with van der Waals surface area (Å²) < 4.78 is 0. The Balaban J connectivity index is 1.84. The molecule has 0 amide bonds. The van der Waals surface area contributed by atoms with Gasteiger partial charge in [-0.2, -0.15) is 0 Å². The summed E-state index contributed by atoms with van der Waals surface area (Å²) in [7, 11) is 2.06. The quantitative estimate of drug-likeness (QED) is 0.431. The molecule has 2 aromatic heterocycles. The summed E-state index contributed by atoms with van der Waals surface area (Å²) in [5, 5.41) is 3.30. The van der Waals surface area contributed by atoms with E-state index < -0.39 is 0 Å². The fourth-order valence-electron chi connectivity index (χ4n) is 3.15. The fraction of sp³-hybridized carbons (Fsp3) is 0.182. The molecule has 0 unspecified atom stereocenters. The highest BCUT2D eigenvalue weighted by atomic mass is 32.1. The summed E-state index contributed by atoms with van der Waals surface area (Å²) in [6.45, 7) is 4.44. The molecular formula is C22H21N3S. The van der Waals surface area contributed by atoms with Crippen LogP contribution in [0.5, 0.6) is 0 Å². The Hall–Kier alpha value is -2.72. The number of nitrogens with zero attached hydrogens (tertiary/aromatic N) is 3. The number of thiophene rings is 1. The van der Waals surface area contributed by atoms with Crippen LogP contribution in [-0.4, -0.2) is 17.0 Å². The van der Waals surface area contributed by atoms with Gasteiger partial charge in [-0.3, -0.25) is 0 Å². The van der Waals surface area contributed by atoms with Crippen LogP contribution in [0.4, 0.5) is 11.5 Å². The molecule has 2 heterocycles. The third-order valence-corrected chi connectivity index (χ3v) is 5.59. The van der Waals surface area contributed by atoms with Gasteiger partial charge in [0.1, 0.15) is 17.0 Å². The zero-order chi connectivity index (χ0) is 18.1. The molecule has 0 radical (unpaired) electrons. The highest BCUT2D eigenvalue weighted by molar-refractivity contribution is 7.17. The van der Waals surface area contributed by atoms with Crippen LogP contribution in [0.3, 0.4) is 0 Å². The number of hydrogen-bond donors (Lipinski definition) is 0. The zero-order valence-electron chi connectivity index (χ0n) is 15.2. The van der Waals surface area contributed by atoms with E-state index in [1.54, 1.807) is 17.7 Å². The summed E-state index contributed by atoms with van der Waals surface area (Å²) in [4.78, 5) is 12.2. The Morgan fingerprint density at radius 3 is 2.35 bits per heavy atom. The number of hydrogen-bond acceptors (Lipinski definition) is 4. The molecule has 4 rings (SSSR count). The molecule has 0 N–H and O–H groups in total. The van der Waals surface area contributed by atoms with Crippen molar-refractivity contribution >= 4 is 33.1 Å². The van der Waals surface area contributed by atoms with Crippen LogP contribution in [0.25, 0.3) is 21.3 Å². The predicted octanol–water partition coefficient (Wildman–Crippen LogP) is 6.25. The minimum Gasteiger partial charge on any atom is -0.329 e. The smallest absolute Gasteiger partial charge is 0.145 e. The maximum atomic E-state index is 4.61. The molecule has 0 saturated carbocycles. The first-order valence-corrected chi connectivity index (χ1v) is 9.64. The fourth-order valence-corrected chi connectivity index (χ4v) is 4.06. The van der Waals surface area contributed by atoms with E-state index in [4.69, 9.17) is 0 Å². The molecule has 26 heavy (non-hydrogen) atoms. The number of fused-ring (bicyclic) bond motifs is 1. The summed E-state index contributed by atoms with van der Waals surface area (Å²) in [5.74, 6) is 1.47. The molecule has 2 aromatic carbocycles. The Morgan fingerprint density at radius 1 is 0.923 bits per heavy atom. The van der Waals surface area contributed by atoms with E-state index in [0.29, 0.717) is 5.92 Å². The van der Waals surface area contributed by atoms with Crippen molar-refractivity contribution in [2.45, 2.75) is 19.8 Å². The summed E-state index contributed by atoms with van der Waals surface area (Å²) in [5.41, 5.74) is 4.86. The number of benzene rings is 2. The standard InChI is InChI=1S/C22H21N3S/c1-15(2)16-9-11-17(12-10-16)19-13-26-22-20(19)21(23-14-24-22)25(3)18-7-5-4-6-8-18/h4-15H,1-3H3. The van der Waals surface area contributed by atoms with Gasteiger partial charge < -0.3 is 4.90 Å². The lowest BCUT2D eigenvalue weighted by atomic mass is 9.99. The highest BCUT2D eigenvalue weighted by Gasteiger charge is 2.16. The van der Waals surface area contributed by atoms with E-state index in [9.17, 15) is 0 Å². The molecular weight excluding hydrogens is 338 g/mol. The van der Waals surface area contributed by atoms with Gasteiger partial charge in [-0.05, 0) is 29.2 Å². The van der Waals surface area contributed by atoms with E-state index in [2.05, 4.69) is 77.5 Å². The van der Waals surface area contributed by atoms with Gasteiger partial charge in [-0.25, -0.2) is 9.97 Å². The third kappa shape index (κ3) is 2.97. The first kappa shape index (κ1) is 16.7. The van der Waals surface area contributed by atoms with Crippen molar-refractivity contribution in [1.29, 1.82) is 0 Å². The van der Waals surface area contributed by atoms with Crippen molar-refractivity contribution in [3.05, 3.63) is 71.9 Å². The van der Waals surface area contributed by atoms with E-state index >= 15 is 0 Å². The topological polar surface area (TPSA) is 29.0 Å². The van der Waals surface area contributed by atoms with Crippen molar-refractivity contribution in [3.63, 3.8) is 0 Å². The molecule has 0 fully saturated rings. The molecule has 4 aromatic rings. The molecule has 0 aliphatic rings. The summed E-state index contributed by atoms with van der Waals surface area (Å²) in [6.07, 6.45) is 1.65. The zero-order valence-corrected chi connectivity index (χ0v) is 16.0. The molecule has 0 aliphatic carbocycles. The molecule has 4 heteroatoms. The first-order valence-electron chi connectivity index (χ1n) is 8.76. The average molecular weight is 359 g/mol. The van der Waals surface area contributed by atoms with Gasteiger partial charge in [0.15, 0.2) is 0 Å². The van der Waals surface area contributed by atoms with Crippen LogP contribution >= 0.6 is 11.3 Å². The van der Waals surface area contributed by atoms with Gasteiger partial charge in [-0.15, -0.1) is 11.3 Å². The van der Waals surface area contributed by atoms with Gasteiger partial charge in [0, 0.05) is 23.7 Å². The van der Waals surface area contributed by atoms with E-state index in [-0.39, 0.29) is 0 Å². The molecule has 0 spiro atoms. The number of para-hydroxylation sites is 1. The average Bonchev–Trinajstić information content (AvgIpc) is 3.12. The maximum Gasteiger partial charge on any atom is 0.145 e. The van der Waals surface area contributed by atoms with Crippen molar-refractivity contribution in [1.82, 2.24) is 9.97 Å². The monoisotopic (exact) mass is 359 g/mol. The second kappa shape index (κ2) is 6.89. The molecule has 0 atom stereocenters. The second-order valence-corrected chi connectivity index (χ2v) is 7.56. The number of aromatic nitrogens is 2. The Labute approximate surface area is 158 Å². The largest absolute Gasteiger partial charge is 0.329 e. The maximum absolute atomic E-state index is 4.61. The Kier molecular flexibility index (Phi) is 4.43. The second-order valence-electron chi connectivity index (χ2n) is 6.70. The lowest BCUT2D eigenvalue weighted by Gasteiger charge is -2.19. The van der Waals surface area contributed by atoms with Crippen LogP contribution < -0.4 is 4.90 Å². The Morgan fingerprint density at radius 2 is 1.65 bits per heavy atom. The Bertz CT molecular complexity index is 1020. The predicted molar refractivity (Wildman–Crippen MR) is 111 cm³/mol. The number of anilines is 2. The van der Waals surface area contributed by atoms with Crippen LogP contribution in [-0.2, 0) is 0 Å². The lowest BCUT2D eigenvalue weighted by molar-refractivity contribution is 0.867. The van der Waals surface area contributed by atoms with Gasteiger partial charge >= 0.3 is 0 Å². The van der Waals surface area contributed by atoms with Gasteiger partial charge in [-0.1, -0.05) is 56.3 Å². The minimum atomic E-state index is 0.534. The first-order chi connectivity index (χ1) is 12.6. The molecule has 3 nitrogen and oxygen atoms in total. The van der Waals surface area contributed by atoms with Gasteiger partial charge in [0.2, 0.25) is 0 Å². The minimum absolute atomic E-state index is 0.534. The van der Waals surface area contributed by atoms with Crippen molar-refractivity contribution in [2.75, 3.05) is 11.9 Å². The van der Waals surface area contributed by atoms with Crippen LogP contribution in [0.2, 0.25) is 0 Å². The van der Waals surface area contributed by atoms with Crippen LogP contribution in [0.1, 0.15) is 25.3 Å². The molecule has 0 bridgehead atoms. The van der Waals surface area contributed by atoms with Gasteiger partial charge in [0.05, 0.1) is 5.39 Å². The molecule has 0 aliphatic heterocycles. The lowest BCUT2D eigenvalue weighted by Crippen LogP contribution is -2.11. The van der Waals surface area contributed by atoms with Gasteiger partial charge in [0.25, 0.3) is 0 Å². The number of rotatable bonds is 4. The van der Waals surface area contributed by atoms with Crippen LogP contribution in [0, 0.1) is 0 Å². The van der Waals surface area contributed by atoms with E-state index in [0.717, 1.165) is 21.7 Å². The third-order valence-electron chi connectivity index (χ3n) is 4.70. The van der Waals surface area contributed by atoms with Crippen molar-refractivity contribution in [3.8, 4) is 11.1 Å². The van der Waals surface area contributed by atoms with E-state index in [1.165, 1.54) is 16.7 Å². The van der Waals surface area contributed by atoms with E-state index in [1.807, 2.05) is 18.2 Å². The summed E-state index contributed by atoms with van der Waals surface area (Å²) in [6, 6.07) is 19.1. The van der Waals surface area contributed by atoms with Crippen molar-refractivity contribution in [2.24, 2.45) is 0 Å². The normalized spacial score (nSPS) is 11.2. The summed E-state index contributed by atoms with van der Waals surface area (Å²) >= 11 is 1.67. The molecule has 0 saturated heterocycles. The highest BCUT2D eigenvalue weighted by Crippen LogP contribution is 2.39. The van der Waals surface area contributed by atoms with Crippen LogP contribution in [0.15, 0.2) is 66.3 Å². The molecule has 130 valence electrons.